The van der Waals surface area contributed by atoms with E-state index in [9.17, 15) is 18.8 Å². The maximum atomic E-state index is 14.2. The van der Waals surface area contributed by atoms with E-state index in [0.717, 1.165) is 11.1 Å². The number of fused-ring (bicyclic) bond motifs is 5. The molecule has 0 aromatic heterocycles. The number of Topliss-reactive ketones (excluding diaryl/α,β-unsaturated/α-hetero) is 3. The molecule has 0 radical (unpaired) electrons. The van der Waals surface area contributed by atoms with Gasteiger partial charge in [-0.15, -0.1) is 0 Å². The molecule has 0 unspecified atom stereocenters. The average Bonchev–Trinajstić information content (AvgIpc) is 3.26. The predicted molar refractivity (Wildman–Crippen MR) is 128 cm³/mol. The van der Waals surface area contributed by atoms with E-state index in [0.29, 0.717) is 22.4 Å². The molecule has 2 heterocycles. The Morgan fingerprint density at radius 3 is 2.21 bits per heavy atom. The lowest BCUT2D eigenvalue weighted by Crippen LogP contribution is -2.48. The molecule has 1 aliphatic carbocycles. The number of carbonyl (C=O) groups excluding carboxylic acids is 3. The third kappa shape index (κ3) is 2.50. The summed E-state index contributed by atoms with van der Waals surface area (Å²) >= 11 is 0. The zero-order valence-electron chi connectivity index (χ0n) is 18.8. The number of hydrogen-bond donors (Lipinski definition) is 0. The highest BCUT2D eigenvalue weighted by molar-refractivity contribution is 6.32. The van der Waals surface area contributed by atoms with Gasteiger partial charge in [-0.1, -0.05) is 66.2 Å². The Kier molecular flexibility index (Phi) is 4.31. The van der Waals surface area contributed by atoms with Crippen molar-refractivity contribution < 1.29 is 18.8 Å². The molecular formula is C29H22FNO3. The van der Waals surface area contributed by atoms with Crippen LogP contribution in [0, 0.1) is 18.2 Å². The van der Waals surface area contributed by atoms with E-state index >= 15 is 0 Å². The Bertz CT molecular complexity index is 1390. The molecule has 6 rings (SSSR count). The molecule has 4 nitrogen and oxygen atoms in total. The summed E-state index contributed by atoms with van der Waals surface area (Å²) < 4.78 is 14.0. The molecule has 1 spiro atoms. The van der Waals surface area contributed by atoms with Crippen LogP contribution < -0.4 is 4.90 Å². The van der Waals surface area contributed by atoms with Crippen LogP contribution in [0.25, 0.3) is 6.08 Å². The van der Waals surface area contributed by atoms with Gasteiger partial charge in [0, 0.05) is 28.3 Å². The van der Waals surface area contributed by atoms with Gasteiger partial charge in [0.2, 0.25) is 0 Å². The van der Waals surface area contributed by atoms with Crippen LogP contribution in [-0.4, -0.2) is 29.4 Å². The number of nitrogens with zero attached hydrogens (tertiary/aromatic N) is 1. The van der Waals surface area contributed by atoms with Crippen LogP contribution in [0.2, 0.25) is 0 Å². The molecule has 1 saturated heterocycles. The number of halogens is 1. The van der Waals surface area contributed by atoms with Crippen LogP contribution in [-0.2, 0) is 4.79 Å². The van der Waals surface area contributed by atoms with Gasteiger partial charge in [0.25, 0.3) is 0 Å². The minimum Gasteiger partial charge on any atom is -0.352 e. The summed E-state index contributed by atoms with van der Waals surface area (Å²) in [6.45, 7) is 3.47. The first kappa shape index (κ1) is 20.7. The SMILES string of the molecule is CC(=O)[C@H]1[C@H](c2ccc(C)cc2)C2(C(=O)c3ccccc3C2=O)[C@@H]2C=Cc3cc(F)ccc3N21. The first-order valence-corrected chi connectivity index (χ1v) is 11.4. The van der Waals surface area contributed by atoms with Crippen molar-refractivity contribution in [2.75, 3.05) is 4.90 Å². The first-order valence-electron chi connectivity index (χ1n) is 11.4. The average molecular weight is 451 g/mol. The van der Waals surface area contributed by atoms with E-state index < -0.39 is 23.4 Å². The number of benzene rings is 3. The maximum absolute atomic E-state index is 14.2. The highest BCUT2D eigenvalue weighted by Crippen LogP contribution is 2.60. The lowest BCUT2D eigenvalue weighted by molar-refractivity contribution is -0.118. The van der Waals surface area contributed by atoms with Crippen molar-refractivity contribution >= 4 is 29.1 Å². The number of rotatable bonds is 2. The van der Waals surface area contributed by atoms with Crippen molar-refractivity contribution in [1.29, 1.82) is 0 Å². The number of hydrogen-bond acceptors (Lipinski definition) is 4. The minimum atomic E-state index is -1.49. The van der Waals surface area contributed by atoms with Gasteiger partial charge in [0.05, 0.1) is 12.1 Å². The quantitative estimate of drug-likeness (QED) is 0.506. The molecule has 2 aliphatic heterocycles. The second-order valence-corrected chi connectivity index (χ2v) is 9.43. The number of ketones is 3. The fraction of sp³-hybridized carbons (Fsp3) is 0.207. The number of aryl methyl sites for hydroxylation is 1. The van der Waals surface area contributed by atoms with Gasteiger partial charge < -0.3 is 4.90 Å². The zero-order valence-corrected chi connectivity index (χ0v) is 18.8. The van der Waals surface area contributed by atoms with Crippen molar-refractivity contribution in [2.24, 2.45) is 5.41 Å². The molecule has 3 aliphatic rings. The maximum Gasteiger partial charge on any atom is 0.180 e. The van der Waals surface area contributed by atoms with E-state index in [1.165, 1.54) is 19.1 Å². The fourth-order valence-corrected chi connectivity index (χ4v) is 6.25. The van der Waals surface area contributed by atoms with Gasteiger partial charge in [-0.25, -0.2) is 4.39 Å². The van der Waals surface area contributed by atoms with E-state index in [1.807, 2.05) is 36.1 Å². The molecule has 0 amide bonds. The number of anilines is 1. The van der Waals surface area contributed by atoms with Gasteiger partial charge in [-0.05, 0) is 37.6 Å². The summed E-state index contributed by atoms with van der Waals surface area (Å²) in [7, 11) is 0. The molecular weight excluding hydrogens is 429 g/mol. The summed E-state index contributed by atoms with van der Waals surface area (Å²) in [6.07, 6.45) is 3.56. The van der Waals surface area contributed by atoms with Crippen molar-refractivity contribution in [3.05, 3.63) is 106 Å². The third-order valence-electron chi connectivity index (χ3n) is 7.62. The molecule has 0 saturated carbocycles. The largest absolute Gasteiger partial charge is 0.352 e. The van der Waals surface area contributed by atoms with Crippen molar-refractivity contribution in [3.63, 3.8) is 0 Å². The normalized spacial score (nSPS) is 23.7. The van der Waals surface area contributed by atoms with Crippen LogP contribution in [0.1, 0.15) is 50.2 Å². The monoisotopic (exact) mass is 451 g/mol. The molecule has 3 atom stereocenters. The molecule has 34 heavy (non-hydrogen) atoms. The fourth-order valence-electron chi connectivity index (χ4n) is 6.25. The Balaban J connectivity index is 1.68. The van der Waals surface area contributed by atoms with Crippen molar-refractivity contribution in [1.82, 2.24) is 0 Å². The second kappa shape index (κ2) is 7.07. The topological polar surface area (TPSA) is 54.5 Å². The lowest BCUT2D eigenvalue weighted by atomic mass is 9.64. The zero-order chi connectivity index (χ0) is 23.8. The van der Waals surface area contributed by atoms with E-state index in [-0.39, 0.29) is 23.2 Å². The molecule has 3 aromatic rings. The Labute approximate surface area is 196 Å². The van der Waals surface area contributed by atoms with E-state index in [2.05, 4.69) is 0 Å². The van der Waals surface area contributed by atoms with Crippen LogP contribution in [0.15, 0.2) is 72.8 Å². The van der Waals surface area contributed by atoms with Crippen molar-refractivity contribution in [2.45, 2.75) is 31.8 Å². The Hall–Kier alpha value is -3.86. The van der Waals surface area contributed by atoms with Crippen LogP contribution in [0.4, 0.5) is 10.1 Å². The molecule has 1 fully saturated rings. The van der Waals surface area contributed by atoms with Gasteiger partial charge >= 0.3 is 0 Å². The minimum absolute atomic E-state index is 0.144. The highest BCUT2D eigenvalue weighted by atomic mass is 19.1. The van der Waals surface area contributed by atoms with Crippen LogP contribution in [0.3, 0.4) is 0 Å². The molecule has 0 bridgehead atoms. The number of carbonyl (C=O) groups is 3. The van der Waals surface area contributed by atoms with Crippen LogP contribution in [0.5, 0.6) is 0 Å². The Morgan fingerprint density at radius 2 is 1.59 bits per heavy atom. The molecule has 0 N–H and O–H groups in total. The first-order chi connectivity index (χ1) is 16.4. The summed E-state index contributed by atoms with van der Waals surface area (Å²) in [5.41, 5.74) is 2.39. The smallest absolute Gasteiger partial charge is 0.180 e. The van der Waals surface area contributed by atoms with Gasteiger partial charge in [-0.2, -0.15) is 0 Å². The summed E-state index contributed by atoms with van der Waals surface area (Å²) in [5, 5.41) is 0. The Morgan fingerprint density at radius 1 is 0.941 bits per heavy atom. The summed E-state index contributed by atoms with van der Waals surface area (Å²) in [5.74, 6) is -1.73. The third-order valence-corrected chi connectivity index (χ3v) is 7.62. The summed E-state index contributed by atoms with van der Waals surface area (Å²) in [4.78, 5) is 43.6. The van der Waals surface area contributed by atoms with E-state index in [1.54, 1.807) is 42.5 Å². The standard InChI is InChI=1S/C29H22FNO3/c1-16-7-9-18(10-8-16)25-26(17(2)32)31-23-13-12-20(30)15-19(23)11-14-24(31)29(25)27(33)21-5-3-4-6-22(21)28(29)34/h3-15,24-26H,1-2H3/t24-,25-,26-/m0/s1. The van der Waals surface area contributed by atoms with Crippen molar-refractivity contribution in [3.8, 4) is 0 Å². The van der Waals surface area contributed by atoms with Gasteiger partial charge in [-0.3, -0.25) is 14.4 Å². The second-order valence-electron chi connectivity index (χ2n) is 9.43. The lowest BCUT2D eigenvalue weighted by Gasteiger charge is -2.37. The molecule has 3 aromatic carbocycles. The van der Waals surface area contributed by atoms with Crippen LogP contribution >= 0.6 is 0 Å². The van der Waals surface area contributed by atoms with Gasteiger partial charge in [0.1, 0.15) is 11.2 Å². The highest BCUT2D eigenvalue weighted by Gasteiger charge is 2.71. The molecule has 168 valence electrons. The van der Waals surface area contributed by atoms with Gasteiger partial charge in [0.15, 0.2) is 17.3 Å². The predicted octanol–water partition coefficient (Wildman–Crippen LogP) is 5.16. The molecule has 5 heteroatoms. The van der Waals surface area contributed by atoms with E-state index in [4.69, 9.17) is 0 Å². The summed E-state index contributed by atoms with van der Waals surface area (Å²) in [6, 6.07) is 17.6.